The molecule has 0 saturated heterocycles. The van der Waals surface area contributed by atoms with Gasteiger partial charge in [0.1, 0.15) is 0 Å². The second-order valence-corrected chi connectivity index (χ2v) is 4.43. The van der Waals surface area contributed by atoms with Gasteiger partial charge >= 0.3 is 0 Å². The van der Waals surface area contributed by atoms with Gasteiger partial charge in [0.05, 0.1) is 0 Å². The number of hydrogen-bond acceptors (Lipinski definition) is 2. The maximum Gasteiger partial charge on any atom is 0.0155 e. The molecule has 0 amide bonds. The molecule has 0 fully saturated rings. The SMILES string of the molecule is C=CCCCC(CSCCC)NC. The van der Waals surface area contributed by atoms with Crippen LogP contribution >= 0.6 is 11.8 Å². The molecule has 0 radical (unpaired) electrons. The molecule has 0 rings (SSSR count). The van der Waals surface area contributed by atoms with Gasteiger partial charge in [0.15, 0.2) is 0 Å². The van der Waals surface area contributed by atoms with Gasteiger partial charge in [-0.3, -0.25) is 0 Å². The van der Waals surface area contributed by atoms with E-state index in [4.69, 9.17) is 0 Å². The van der Waals surface area contributed by atoms with Gasteiger partial charge in [-0.1, -0.05) is 13.0 Å². The van der Waals surface area contributed by atoms with E-state index in [-0.39, 0.29) is 0 Å². The van der Waals surface area contributed by atoms with Crippen molar-refractivity contribution in [3.8, 4) is 0 Å². The van der Waals surface area contributed by atoms with Gasteiger partial charge in [-0.25, -0.2) is 0 Å². The van der Waals surface area contributed by atoms with Crippen LogP contribution in [0, 0.1) is 0 Å². The first kappa shape index (κ1) is 13.1. The first-order valence-electron chi connectivity index (χ1n) is 5.21. The van der Waals surface area contributed by atoms with E-state index in [1.165, 1.54) is 30.8 Å². The zero-order valence-corrected chi connectivity index (χ0v) is 9.83. The van der Waals surface area contributed by atoms with Crippen molar-refractivity contribution in [3.63, 3.8) is 0 Å². The highest BCUT2D eigenvalue weighted by Gasteiger charge is 2.04. The number of rotatable bonds is 9. The first-order valence-corrected chi connectivity index (χ1v) is 6.36. The van der Waals surface area contributed by atoms with Gasteiger partial charge in [-0.2, -0.15) is 11.8 Å². The zero-order valence-electron chi connectivity index (χ0n) is 9.01. The smallest absolute Gasteiger partial charge is 0.0155 e. The summed E-state index contributed by atoms with van der Waals surface area (Å²) >= 11 is 2.06. The maximum atomic E-state index is 3.73. The number of allylic oxidation sites excluding steroid dienone is 1. The van der Waals surface area contributed by atoms with E-state index in [0.29, 0.717) is 6.04 Å². The molecule has 0 bridgehead atoms. The molecule has 13 heavy (non-hydrogen) atoms. The van der Waals surface area contributed by atoms with E-state index in [2.05, 4.69) is 37.6 Å². The molecule has 2 heteroatoms. The quantitative estimate of drug-likeness (QED) is 0.454. The molecule has 0 aromatic carbocycles. The molecule has 0 aromatic rings. The van der Waals surface area contributed by atoms with Crippen molar-refractivity contribution in [1.82, 2.24) is 5.32 Å². The minimum absolute atomic E-state index is 0.691. The Kier molecular flexibility index (Phi) is 10.2. The summed E-state index contributed by atoms with van der Waals surface area (Å²) in [6.07, 6.45) is 6.98. The van der Waals surface area contributed by atoms with Crippen molar-refractivity contribution < 1.29 is 0 Å². The number of thioether (sulfide) groups is 1. The van der Waals surface area contributed by atoms with Gasteiger partial charge < -0.3 is 5.32 Å². The van der Waals surface area contributed by atoms with Gasteiger partial charge in [0.25, 0.3) is 0 Å². The summed E-state index contributed by atoms with van der Waals surface area (Å²) in [6.45, 7) is 5.97. The highest BCUT2D eigenvalue weighted by molar-refractivity contribution is 7.99. The summed E-state index contributed by atoms with van der Waals surface area (Å²) in [5.41, 5.74) is 0. The van der Waals surface area contributed by atoms with Crippen molar-refractivity contribution in [2.75, 3.05) is 18.6 Å². The van der Waals surface area contributed by atoms with Crippen LogP contribution in [0.5, 0.6) is 0 Å². The Morgan fingerprint density at radius 1 is 1.54 bits per heavy atom. The van der Waals surface area contributed by atoms with Crippen LogP contribution in [0.25, 0.3) is 0 Å². The first-order chi connectivity index (χ1) is 6.35. The van der Waals surface area contributed by atoms with E-state index in [9.17, 15) is 0 Å². The van der Waals surface area contributed by atoms with Crippen molar-refractivity contribution in [2.45, 2.75) is 38.6 Å². The summed E-state index contributed by atoms with van der Waals surface area (Å²) < 4.78 is 0. The number of nitrogens with one attached hydrogen (secondary N) is 1. The minimum Gasteiger partial charge on any atom is -0.316 e. The van der Waals surface area contributed by atoms with E-state index in [0.717, 1.165) is 6.42 Å². The van der Waals surface area contributed by atoms with Crippen molar-refractivity contribution >= 4 is 11.8 Å². The highest BCUT2D eigenvalue weighted by atomic mass is 32.2. The standard InChI is InChI=1S/C11H23NS/c1-4-6-7-8-11(12-3)10-13-9-5-2/h4,11-12H,1,5-10H2,2-3H3. The molecule has 1 unspecified atom stereocenters. The molecule has 0 aromatic heterocycles. The van der Waals surface area contributed by atoms with Crippen LogP contribution < -0.4 is 5.32 Å². The van der Waals surface area contributed by atoms with E-state index >= 15 is 0 Å². The van der Waals surface area contributed by atoms with Crippen LogP contribution in [0.1, 0.15) is 32.6 Å². The summed E-state index contributed by atoms with van der Waals surface area (Å²) in [7, 11) is 2.06. The van der Waals surface area contributed by atoms with Crippen LogP contribution in [0.15, 0.2) is 12.7 Å². The Bertz CT molecular complexity index is 115. The molecule has 0 aliphatic carbocycles. The lowest BCUT2D eigenvalue weighted by molar-refractivity contribution is 0.552. The Balaban J connectivity index is 3.33. The molecule has 0 aliphatic rings. The summed E-state index contributed by atoms with van der Waals surface area (Å²) in [5, 5.41) is 3.36. The van der Waals surface area contributed by atoms with Crippen LogP contribution in [-0.2, 0) is 0 Å². The van der Waals surface area contributed by atoms with E-state index in [1.807, 2.05) is 6.08 Å². The third-order valence-electron chi connectivity index (χ3n) is 2.04. The Hall–Kier alpha value is 0.0500. The molecule has 0 heterocycles. The second kappa shape index (κ2) is 10.1. The van der Waals surface area contributed by atoms with E-state index < -0.39 is 0 Å². The summed E-state index contributed by atoms with van der Waals surface area (Å²) in [4.78, 5) is 0. The van der Waals surface area contributed by atoms with Crippen LogP contribution in [0.3, 0.4) is 0 Å². The molecule has 0 aliphatic heterocycles. The fraction of sp³-hybridized carbons (Fsp3) is 0.818. The molecular weight excluding hydrogens is 178 g/mol. The average molecular weight is 201 g/mol. The Morgan fingerprint density at radius 3 is 2.85 bits per heavy atom. The lowest BCUT2D eigenvalue weighted by atomic mass is 10.1. The lowest BCUT2D eigenvalue weighted by Gasteiger charge is -2.14. The predicted octanol–water partition coefficient (Wildman–Crippen LogP) is 3.07. The second-order valence-electron chi connectivity index (χ2n) is 3.28. The monoisotopic (exact) mass is 201 g/mol. The average Bonchev–Trinajstić information content (AvgIpc) is 2.16. The Labute approximate surface area is 87.4 Å². The van der Waals surface area contributed by atoms with Gasteiger partial charge in [-0.15, -0.1) is 6.58 Å². The highest BCUT2D eigenvalue weighted by Crippen LogP contribution is 2.09. The summed E-state index contributed by atoms with van der Waals surface area (Å²) in [5.74, 6) is 2.54. The van der Waals surface area contributed by atoms with Gasteiger partial charge in [-0.05, 0) is 38.5 Å². The maximum absolute atomic E-state index is 3.73. The molecule has 0 spiro atoms. The molecule has 1 N–H and O–H groups in total. The Morgan fingerprint density at radius 2 is 2.31 bits per heavy atom. The summed E-state index contributed by atoms with van der Waals surface area (Å²) in [6, 6.07) is 0.691. The third-order valence-corrected chi connectivity index (χ3v) is 3.37. The third kappa shape index (κ3) is 8.38. The largest absolute Gasteiger partial charge is 0.316 e. The van der Waals surface area contributed by atoms with Gasteiger partial charge in [0, 0.05) is 11.8 Å². The van der Waals surface area contributed by atoms with Crippen molar-refractivity contribution in [3.05, 3.63) is 12.7 Å². The molecule has 1 atom stereocenters. The van der Waals surface area contributed by atoms with Crippen molar-refractivity contribution in [1.29, 1.82) is 0 Å². The van der Waals surface area contributed by atoms with Crippen molar-refractivity contribution in [2.24, 2.45) is 0 Å². The van der Waals surface area contributed by atoms with Gasteiger partial charge in [0.2, 0.25) is 0 Å². The number of hydrogen-bond donors (Lipinski definition) is 1. The molecule has 1 nitrogen and oxygen atoms in total. The number of unbranched alkanes of at least 4 members (excludes halogenated alkanes) is 1. The fourth-order valence-corrected chi connectivity index (χ4v) is 2.26. The normalized spacial score (nSPS) is 12.8. The molecule has 78 valence electrons. The van der Waals surface area contributed by atoms with Crippen LogP contribution in [-0.4, -0.2) is 24.6 Å². The van der Waals surface area contributed by atoms with Crippen LogP contribution in [0.2, 0.25) is 0 Å². The minimum atomic E-state index is 0.691. The fourth-order valence-electron chi connectivity index (χ4n) is 1.19. The van der Waals surface area contributed by atoms with E-state index in [1.54, 1.807) is 0 Å². The lowest BCUT2D eigenvalue weighted by Crippen LogP contribution is -2.27. The molecular formula is C11H23NS. The van der Waals surface area contributed by atoms with Crippen LogP contribution in [0.4, 0.5) is 0 Å². The molecule has 0 saturated carbocycles. The zero-order chi connectivity index (χ0) is 9.94. The topological polar surface area (TPSA) is 12.0 Å². The predicted molar refractivity (Wildman–Crippen MR) is 64.5 cm³/mol.